The number of hydrogen-bond acceptors (Lipinski definition) is 3. The van der Waals surface area contributed by atoms with Gasteiger partial charge in [0.25, 0.3) is 0 Å². The molecule has 6 heteroatoms. The van der Waals surface area contributed by atoms with E-state index in [9.17, 15) is 9.59 Å². The number of halogens is 1. The summed E-state index contributed by atoms with van der Waals surface area (Å²) in [4.78, 5) is 23.4. The molecule has 1 heterocycles. The lowest BCUT2D eigenvalue weighted by Gasteiger charge is -2.19. The predicted molar refractivity (Wildman–Crippen MR) is 65.3 cm³/mol. The molecule has 0 saturated heterocycles. The summed E-state index contributed by atoms with van der Waals surface area (Å²) in [6, 6.07) is 2.53. The number of carboxylic acids is 1. The Morgan fingerprint density at radius 3 is 2.65 bits per heavy atom. The summed E-state index contributed by atoms with van der Waals surface area (Å²) in [6.07, 6.45) is 2.75. The zero-order valence-corrected chi connectivity index (χ0v) is 11.0. The van der Waals surface area contributed by atoms with Gasteiger partial charge in [-0.25, -0.2) is 4.79 Å². The summed E-state index contributed by atoms with van der Waals surface area (Å²) in [5.74, 6) is -0.927. The molecule has 1 N–H and O–H groups in total. The van der Waals surface area contributed by atoms with E-state index >= 15 is 0 Å². The zero-order valence-electron chi connectivity index (χ0n) is 9.38. The first-order chi connectivity index (χ1) is 7.91. The Morgan fingerprint density at radius 1 is 1.53 bits per heavy atom. The van der Waals surface area contributed by atoms with E-state index in [2.05, 4.69) is 15.9 Å². The zero-order chi connectivity index (χ0) is 13.0. The van der Waals surface area contributed by atoms with Crippen LogP contribution in [0.5, 0.6) is 0 Å². The molecule has 92 valence electrons. The molecule has 1 atom stereocenters. The van der Waals surface area contributed by atoms with Gasteiger partial charge < -0.3 is 14.4 Å². The van der Waals surface area contributed by atoms with Crippen LogP contribution < -0.4 is 0 Å². The minimum Gasteiger partial charge on any atom is -0.480 e. The van der Waals surface area contributed by atoms with Crippen molar-refractivity contribution in [3.05, 3.63) is 28.6 Å². The first-order valence-corrected chi connectivity index (χ1v) is 5.64. The fourth-order valence-corrected chi connectivity index (χ4v) is 1.36. The first kappa shape index (κ1) is 13.5. The van der Waals surface area contributed by atoms with Gasteiger partial charge in [-0.3, -0.25) is 4.79 Å². The first-order valence-electron chi connectivity index (χ1n) is 4.85. The number of hydrogen-bond donors (Lipinski definition) is 1. The monoisotopic (exact) mass is 301 g/mol. The van der Waals surface area contributed by atoms with Gasteiger partial charge in [0.2, 0.25) is 5.91 Å². The van der Waals surface area contributed by atoms with Gasteiger partial charge in [0.05, 0.1) is 0 Å². The maximum atomic E-state index is 11.6. The molecule has 1 aromatic heterocycles. The molecule has 0 spiro atoms. The van der Waals surface area contributed by atoms with Gasteiger partial charge in [-0.15, -0.1) is 0 Å². The third kappa shape index (κ3) is 3.74. The summed E-state index contributed by atoms with van der Waals surface area (Å²) < 4.78 is 5.73. The van der Waals surface area contributed by atoms with Crippen LogP contribution in [0.2, 0.25) is 0 Å². The van der Waals surface area contributed by atoms with E-state index in [1.807, 2.05) is 0 Å². The summed E-state index contributed by atoms with van der Waals surface area (Å²) in [5.41, 5.74) is 0. The van der Waals surface area contributed by atoms with Gasteiger partial charge in [0.1, 0.15) is 11.8 Å². The van der Waals surface area contributed by atoms with Crippen molar-refractivity contribution in [3.8, 4) is 0 Å². The van der Waals surface area contributed by atoms with Gasteiger partial charge in [-0.05, 0) is 41.1 Å². The molecule has 0 aliphatic heterocycles. The minimum atomic E-state index is -1.05. The number of carbonyl (C=O) groups excluding carboxylic acids is 1. The molecule has 0 saturated carbocycles. The molecule has 0 aliphatic carbocycles. The standard InChI is InChI=1S/C11H12BrNO4/c1-7(11(15)16)13(2)10(14)6-4-8-3-5-9(12)17-8/h3-7H,1-2H3,(H,15,16). The van der Waals surface area contributed by atoms with Gasteiger partial charge in [0, 0.05) is 13.1 Å². The van der Waals surface area contributed by atoms with Crippen molar-refractivity contribution in [1.29, 1.82) is 0 Å². The molecule has 5 nitrogen and oxygen atoms in total. The van der Waals surface area contributed by atoms with Gasteiger partial charge in [0.15, 0.2) is 4.67 Å². The van der Waals surface area contributed by atoms with E-state index in [0.29, 0.717) is 10.4 Å². The minimum absolute atomic E-state index is 0.396. The molecule has 0 bridgehead atoms. The fraction of sp³-hybridized carbons (Fsp3) is 0.273. The summed E-state index contributed by atoms with van der Waals surface area (Å²) >= 11 is 3.14. The number of rotatable bonds is 4. The molecule has 0 radical (unpaired) electrons. The second kappa shape index (κ2) is 5.67. The normalized spacial score (nSPS) is 12.6. The van der Waals surface area contributed by atoms with Crippen molar-refractivity contribution in [1.82, 2.24) is 4.90 Å². The molecule has 0 aliphatic rings. The largest absolute Gasteiger partial charge is 0.480 e. The number of aliphatic carboxylic acids is 1. The Balaban J connectivity index is 2.66. The van der Waals surface area contributed by atoms with Crippen LogP contribution >= 0.6 is 15.9 Å². The quantitative estimate of drug-likeness (QED) is 0.863. The Bertz CT molecular complexity index is 452. The van der Waals surface area contributed by atoms with E-state index < -0.39 is 17.9 Å². The van der Waals surface area contributed by atoms with Crippen LogP contribution in [0.1, 0.15) is 12.7 Å². The highest BCUT2D eigenvalue weighted by Crippen LogP contribution is 2.15. The van der Waals surface area contributed by atoms with E-state index in [1.54, 1.807) is 12.1 Å². The summed E-state index contributed by atoms with van der Waals surface area (Å²) in [5, 5.41) is 8.75. The van der Waals surface area contributed by atoms with Crippen molar-refractivity contribution in [2.45, 2.75) is 13.0 Å². The van der Waals surface area contributed by atoms with E-state index in [1.165, 1.54) is 26.1 Å². The number of likely N-dealkylation sites (N-methyl/N-ethyl adjacent to an activating group) is 1. The van der Waals surface area contributed by atoms with Crippen molar-refractivity contribution in [2.75, 3.05) is 7.05 Å². The van der Waals surface area contributed by atoms with Crippen LogP contribution in [0.4, 0.5) is 0 Å². The molecule has 1 amide bonds. The smallest absolute Gasteiger partial charge is 0.326 e. The molecular formula is C11H12BrNO4. The number of carboxylic acid groups (broad SMARTS) is 1. The van der Waals surface area contributed by atoms with Crippen LogP contribution in [-0.2, 0) is 9.59 Å². The number of amides is 1. The van der Waals surface area contributed by atoms with E-state index in [0.717, 1.165) is 4.90 Å². The van der Waals surface area contributed by atoms with E-state index in [-0.39, 0.29) is 0 Å². The highest BCUT2D eigenvalue weighted by atomic mass is 79.9. The summed E-state index contributed by atoms with van der Waals surface area (Å²) in [7, 11) is 1.43. The maximum Gasteiger partial charge on any atom is 0.326 e. The third-order valence-corrected chi connectivity index (χ3v) is 2.70. The Labute approximate surface area is 107 Å². The second-order valence-corrected chi connectivity index (χ2v) is 4.22. The van der Waals surface area contributed by atoms with E-state index in [4.69, 9.17) is 9.52 Å². The SMILES string of the molecule is CC(C(=O)O)N(C)C(=O)C=Cc1ccc(Br)o1. The lowest BCUT2D eigenvalue weighted by Crippen LogP contribution is -2.39. The molecule has 17 heavy (non-hydrogen) atoms. The number of furan rings is 1. The molecule has 0 fully saturated rings. The van der Waals surface area contributed by atoms with Crippen molar-refractivity contribution in [3.63, 3.8) is 0 Å². The summed E-state index contributed by atoms with van der Waals surface area (Å²) in [6.45, 7) is 1.44. The van der Waals surface area contributed by atoms with Crippen molar-refractivity contribution >= 4 is 33.9 Å². The average Bonchev–Trinajstić information content (AvgIpc) is 2.69. The predicted octanol–water partition coefficient (Wildman–Crippen LogP) is 1.99. The molecule has 0 aromatic carbocycles. The molecule has 1 rings (SSSR count). The van der Waals surface area contributed by atoms with Crippen LogP contribution in [0.25, 0.3) is 6.08 Å². The average molecular weight is 302 g/mol. The van der Waals surface area contributed by atoms with Crippen molar-refractivity contribution in [2.24, 2.45) is 0 Å². The van der Waals surface area contributed by atoms with Crippen molar-refractivity contribution < 1.29 is 19.1 Å². The van der Waals surface area contributed by atoms with Crippen LogP contribution in [0.3, 0.4) is 0 Å². The lowest BCUT2D eigenvalue weighted by molar-refractivity contribution is -0.146. The molecule has 1 aromatic rings. The molecule has 1 unspecified atom stereocenters. The highest BCUT2D eigenvalue weighted by Gasteiger charge is 2.19. The number of nitrogens with zero attached hydrogens (tertiary/aromatic N) is 1. The third-order valence-electron chi connectivity index (χ3n) is 2.27. The maximum absolute atomic E-state index is 11.6. The highest BCUT2D eigenvalue weighted by molar-refractivity contribution is 9.10. The Hall–Kier alpha value is -1.56. The van der Waals surface area contributed by atoms with Crippen LogP contribution in [0, 0.1) is 0 Å². The van der Waals surface area contributed by atoms with Gasteiger partial charge in [-0.2, -0.15) is 0 Å². The van der Waals surface area contributed by atoms with Crippen LogP contribution in [0.15, 0.2) is 27.3 Å². The van der Waals surface area contributed by atoms with Gasteiger partial charge in [-0.1, -0.05) is 0 Å². The fourth-order valence-electron chi connectivity index (χ4n) is 1.05. The van der Waals surface area contributed by atoms with Crippen LogP contribution in [-0.4, -0.2) is 35.0 Å². The van der Waals surface area contributed by atoms with Gasteiger partial charge >= 0.3 is 5.97 Å². The topological polar surface area (TPSA) is 70.8 Å². The Morgan fingerprint density at radius 2 is 2.18 bits per heavy atom. The molecular weight excluding hydrogens is 290 g/mol. The number of carbonyl (C=O) groups is 2. The lowest BCUT2D eigenvalue weighted by atomic mass is 10.3. The Kier molecular flexibility index (Phi) is 4.51. The second-order valence-electron chi connectivity index (χ2n) is 3.44.